The van der Waals surface area contributed by atoms with E-state index in [1.165, 1.54) is 11.1 Å². The van der Waals surface area contributed by atoms with Crippen LogP contribution in [0.1, 0.15) is 24.0 Å². The minimum absolute atomic E-state index is 0.0340. The molecule has 4 rings (SSSR count). The Morgan fingerprint density at radius 3 is 2.44 bits per heavy atom. The number of nitrogens with zero attached hydrogens (tertiary/aromatic N) is 1. The fraction of sp³-hybridized carbons (Fsp3) is 0.333. The van der Waals surface area contributed by atoms with Crippen molar-refractivity contribution in [3.05, 3.63) is 84.1 Å². The quantitative estimate of drug-likeness (QED) is 0.687. The first-order valence-electron chi connectivity index (χ1n) is 9.76. The van der Waals surface area contributed by atoms with E-state index in [2.05, 4.69) is 59.5 Å². The van der Waals surface area contributed by atoms with Gasteiger partial charge in [-0.1, -0.05) is 54.6 Å². The molecule has 0 saturated carbocycles. The Morgan fingerprint density at radius 2 is 1.74 bits per heavy atom. The topological polar surface area (TPSA) is 36.6 Å². The van der Waals surface area contributed by atoms with E-state index in [1.807, 2.05) is 12.1 Å². The number of aliphatic hydroxyl groups excluding tert-OH is 1. The normalized spacial score (nSPS) is 20.6. The van der Waals surface area contributed by atoms with E-state index in [4.69, 9.17) is 4.42 Å². The summed E-state index contributed by atoms with van der Waals surface area (Å²) in [4.78, 5) is 2.49. The Kier molecular flexibility index (Phi) is 5.42. The average Bonchev–Trinajstić information content (AvgIpc) is 3.24. The van der Waals surface area contributed by atoms with Crippen molar-refractivity contribution in [2.45, 2.75) is 25.8 Å². The predicted molar refractivity (Wildman–Crippen MR) is 108 cm³/mol. The average molecular weight is 361 g/mol. The van der Waals surface area contributed by atoms with E-state index in [-0.39, 0.29) is 12.0 Å². The summed E-state index contributed by atoms with van der Waals surface area (Å²) in [6, 6.07) is 23.1. The first-order chi connectivity index (χ1) is 13.3. The molecule has 140 valence electrons. The monoisotopic (exact) mass is 361 g/mol. The zero-order chi connectivity index (χ0) is 18.5. The van der Waals surface area contributed by atoms with E-state index < -0.39 is 0 Å². The predicted octanol–water partition coefficient (Wildman–Crippen LogP) is 4.76. The molecule has 3 heteroatoms. The molecule has 2 aromatic carbocycles. The number of furan rings is 1. The summed E-state index contributed by atoms with van der Waals surface area (Å²) in [6.07, 6.45) is 4.88. The van der Waals surface area contributed by atoms with E-state index >= 15 is 0 Å². The van der Waals surface area contributed by atoms with Gasteiger partial charge in [0.25, 0.3) is 0 Å². The van der Waals surface area contributed by atoms with Crippen LogP contribution in [0, 0.1) is 5.41 Å². The Hall–Kier alpha value is -2.36. The van der Waals surface area contributed by atoms with E-state index in [1.54, 1.807) is 6.26 Å². The molecule has 1 saturated heterocycles. The molecule has 0 aliphatic carbocycles. The smallest absolute Gasteiger partial charge is 0.133 e. The van der Waals surface area contributed by atoms with E-state index in [0.717, 1.165) is 50.2 Å². The first-order valence-corrected chi connectivity index (χ1v) is 9.76. The van der Waals surface area contributed by atoms with Gasteiger partial charge in [0.05, 0.1) is 12.9 Å². The van der Waals surface area contributed by atoms with Gasteiger partial charge in [0, 0.05) is 24.1 Å². The second-order valence-electron chi connectivity index (χ2n) is 7.81. The zero-order valence-electron chi connectivity index (χ0n) is 15.7. The first kappa shape index (κ1) is 18.0. The minimum Gasteiger partial charge on any atom is -0.464 e. The van der Waals surface area contributed by atoms with Gasteiger partial charge in [-0.15, -0.1) is 0 Å². The van der Waals surface area contributed by atoms with Crippen LogP contribution in [-0.2, 0) is 13.0 Å². The lowest BCUT2D eigenvalue weighted by Crippen LogP contribution is -2.46. The number of piperidine rings is 1. The third-order valence-electron chi connectivity index (χ3n) is 5.66. The SMILES string of the molecule is OC[C@]1(Cc2ccccc2)CCCN(Cc2ccc(-c3ccco3)cc2)C1. The third kappa shape index (κ3) is 4.32. The Labute approximate surface area is 161 Å². The van der Waals surface area contributed by atoms with Gasteiger partial charge < -0.3 is 9.52 Å². The molecule has 0 radical (unpaired) electrons. The van der Waals surface area contributed by atoms with Crippen molar-refractivity contribution >= 4 is 0 Å². The van der Waals surface area contributed by atoms with Gasteiger partial charge in [-0.25, -0.2) is 0 Å². The molecule has 3 nitrogen and oxygen atoms in total. The number of benzene rings is 2. The van der Waals surface area contributed by atoms with Gasteiger partial charge >= 0.3 is 0 Å². The van der Waals surface area contributed by atoms with Gasteiger partial charge in [-0.05, 0) is 49.1 Å². The number of aliphatic hydroxyl groups is 1. The Bertz CT molecular complexity index is 827. The second kappa shape index (κ2) is 8.12. The largest absolute Gasteiger partial charge is 0.464 e. The van der Waals surface area contributed by atoms with Crippen molar-refractivity contribution < 1.29 is 9.52 Å². The summed E-state index contributed by atoms with van der Waals surface area (Å²) >= 11 is 0. The molecule has 1 N–H and O–H groups in total. The molecule has 1 fully saturated rings. The van der Waals surface area contributed by atoms with Crippen LogP contribution in [-0.4, -0.2) is 29.7 Å². The highest BCUT2D eigenvalue weighted by Gasteiger charge is 2.35. The lowest BCUT2D eigenvalue weighted by atomic mass is 9.75. The van der Waals surface area contributed by atoms with Crippen LogP contribution >= 0.6 is 0 Å². The molecule has 0 spiro atoms. The molecule has 1 aliphatic heterocycles. The summed E-state index contributed by atoms with van der Waals surface area (Å²) < 4.78 is 5.47. The van der Waals surface area contributed by atoms with Crippen LogP contribution < -0.4 is 0 Å². The molecule has 1 atom stereocenters. The van der Waals surface area contributed by atoms with E-state index in [9.17, 15) is 5.11 Å². The molecule has 27 heavy (non-hydrogen) atoms. The summed E-state index contributed by atoms with van der Waals surface area (Å²) in [7, 11) is 0. The zero-order valence-corrected chi connectivity index (χ0v) is 15.7. The van der Waals surface area contributed by atoms with Crippen LogP contribution in [0.25, 0.3) is 11.3 Å². The second-order valence-corrected chi connectivity index (χ2v) is 7.81. The molecule has 0 bridgehead atoms. The lowest BCUT2D eigenvalue weighted by Gasteiger charge is -2.42. The molecule has 2 heterocycles. The highest BCUT2D eigenvalue weighted by Crippen LogP contribution is 2.34. The standard InChI is InChI=1S/C24H27NO2/c26-19-24(16-20-6-2-1-3-7-20)13-5-14-25(18-24)17-21-9-11-22(12-10-21)23-8-4-15-27-23/h1-4,6-12,15,26H,5,13-14,16-19H2/t24-/m0/s1. The maximum atomic E-state index is 10.2. The van der Waals surface area contributed by atoms with Gasteiger partial charge in [0.15, 0.2) is 0 Å². The van der Waals surface area contributed by atoms with Crippen molar-refractivity contribution in [2.75, 3.05) is 19.7 Å². The van der Waals surface area contributed by atoms with Gasteiger partial charge in [-0.2, -0.15) is 0 Å². The number of likely N-dealkylation sites (tertiary alicyclic amines) is 1. The molecule has 1 aliphatic rings. The Morgan fingerprint density at radius 1 is 0.926 bits per heavy atom. The summed E-state index contributed by atoms with van der Waals surface area (Å²) in [6.45, 7) is 3.21. The van der Waals surface area contributed by atoms with Gasteiger partial charge in [0.2, 0.25) is 0 Å². The Balaban J connectivity index is 1.43. The fourth-order valence-electron chi connectivity index (χ4n) is 4.28. The molecule has 0 unspecified atom stereocenters. The van der Waals surface area contributed by atoms with Crippen LogP contribution in [0.2, 0.25) is 0 Å². The molecular formula is C24H27NO2. The third-order valence-corrected chi connectivity index (χ3v) is 5.66. The number of hydrogen-bond donors (Lipinski definition) is 1. The molecule has 1 aromatic heterocycles. The van der Waals surface area contributed by atoms with Crippen LogP contribution in [0.3, 0.4) is 0 Å². The maximum Gasteiger partial charge on any atom is 0.133 e. The summed E-state index contributed by atoms with van der Waals surface area (Å²) in [5.74, 6) is 0.904. The van der Waals surface area contributed by atoms with Crippen molar-refractivity contribution in [3.8, 4) is 11.3 Å². The highest BCUT2D eigenvalue weighted by atomic mass is 16.3. The van der Waals surface area contributed by atoms with Crippen molar-refractivity contribution in [3.63, 3.8) is 0 Å². The van der Waals surface area contributed by atoms with Crippen LogP contribution in [0.15, 0.2) is 77.4 Å². The molecule has 3 aromatic rings. The van der Waals surface area contributed by atoms with Gasteiger partial charge in [-0.3, -0.25) is 4.90 Å². The fourth-order valence-corrected chi connectivity index (χ4v) is 4.28. The van der Waals surface area contributed by atoms with E-state index in [0.29, 0.717) is 0 Å². The highest BCUT2D eigenvalue weighted by molar-refractivity contribution is 5.57. The van der Waals surface area contributed by atoms with Crippen LogP contribution in [0.4, 0.5) is 0 Å². The molecule has 0 amide bonds. The maximum absolute atomic E-state index is 10.2. The van der Waals surface area contributed by atoms with Crippen LogP contribution in [0.5, 0.6) is 0 Å². The molecular weight excluding hydrogens is 334 g/mol. The number of hydrogen-bond acceptors (Lipinski definition) is 3. The van der Waals surface area contributed by atoms with Crippen molar-refractivity contribution in [2.24, 2.45) is 5.41 Å². The lowest BCUT2D eigenvalue weighted by molar-refractivity contribution is 0.0288. The summed E-state index contributed by atoms with van der Waals surface area (Å²) in [5, 5.41) is 10.2. The van der Waals surface area contributed by atoms with Gasteiger partial charge in [0.1, 0.15) is 5.76 Å². The van der Waals surface area contributed by atoms with Crippen molar-refractivity contribution in [1.29, 1.82) is 0 Å². The number of rotatable bonds is 6. The minimum atomic E-state index is -0.0340. The summed E-state index contributed by atoms with van der Waals surface area (Å²) in [5.41, 5.74) is 3.69. The van der Waals surface area contributed by atoms with Crippen molar-refractivity contribution in [1.82, 2.24) is 4.90 Å².